The molecule has 5 unspecified atom stereocenters. The van der Waals surface area contributed by atoms with Crippen LogP contribution in [0.5, 0.6) is 0 Å². The van der Waals surface area contributed by atoms with Crippen molar-refractivity contribution in [1.82, 2.24) is 4.90 Å². The lowest BCUT2D eigenvalue weighted by Crippen LogP contribution is -2.64. The molecule has 1 heterocycles. The minimum atomic E-state index is -0.911. The Balaban J connectivity index is 1.59. The van der Waals surface area contributed by atoms with Crippen LogP contribution in [0.25, 0.3) is 0 Å². The van der Waals surface area contributed by atoms with Crippen LogP contribution in [0.3, 0.4) is 0 Å². The van der Waals surface area contributed by atoms with E-state index in [1.54, 1.807) is 91.9 Å². The number of benzene rings is 3. The predicted molar refractivity (Wildman–Crippen MR) is 140 cm³/mol. The fraction of sp³-hybridized carbons (Fsp3) is 0.300. The number of hydrogen-bond acceptors (Lipinski definition) is 8. The summed E-state index contributed by atoms with van der Waals surface area (Å²) in [7, 11) is 3.62. The third-order valence-corrected chi connectivity index (χ3v) is 6.38. The molecule has 1 saturated heterocycles. The second kappa shape index (κ2) is 12.5. The molecule has 0 bridgehead atoms. The van der Waals surface area contributed by atoms with E-state index >= 15 is 0 Å². The van der Waals surface area contributed by atoms with Crippen LogP contribution >= 0.6 is 0 Å². The van der Waals surface area contributed by atoms with Crippen LogP contribution in [0.4, 0.5) is 0 Å². The fourth-order valence-electron chi connectivity index (χ4n) is 4.50. The standard InChI is InChI=1S/C30H31NO7/c1-20-26(37-29(33)22-15-9-5-10-16-22)25(31(2)3)27(38-30(34)23-17-11-6-12-18-23)24(36-20)19-35-28(32)21-13-7-4-8-14-21/h4-18,20,24-27H,19H2,1-3H3. The van der Waals surface area contributed by atoms with Crippen molar-refractivity contribution in [2.45, 2.75) is 37.4 Å². The van der Waals surface area contributed by atoms with Gasteiger partial charge in [-0.3, -0.25) is 4.90 Å². The maximum atomic E-state index is 13.1. The lowest BCUT2D eigenvalue weighted by molar-refractivity contribution is -0.205. The highest BCUT2D eigenvalue weighted by Gasteiger charge is 2.50. The van der Waals surface area contributed by atoms with E-state index in [9.17, 15) is 14.4 Å². The van der Waals surface area contributed by atoms with Gasteiger partial charge in [0.05, 0.1) is 28.8 Å². The van der Waals surface area contributed by atoms with Crippen LogP contribution in [0, 0.1) is 0 Å². The number of carbonyl (C=O) groups is 3. The number of esters is 3. The first kappa shape index (κ1) is 27.0. The van der Waals surface area contributed by atoms with Gasteiger partial charge in [0.2, 0.25) is 0 Å². The third kappa shape index (κ3) is 6.45. The first-order chi connectivity index (χ1) is 18.3. The van der Waals surface area contributed by atoms with Crippen molar-refractivity contribution < 1.29 is 33.3 Å². The first-order valence-electron chi connectivity index (χ1n) is 12.4. The van der Waals surface area contributed by atoms with E-state index in [0.717, 1.165) is 0 Å². The molecule has 8 heteroatoms. The van der Waals surface area contributed by atoms with Crippen LogP contribution < -0.4 is 0 Å². The summed E-state index contributed by atoms with van der Waals surface area (Å²) in [4.78, 5) is 40.5. The van der Waals surface area contributed by atoms with Gasteiger partial charge in [-0.2, -0.15) is 0 Å². The Kier molecular flexibility index (Phi) is 8.89. The maximum absolute atomic E-state index is 13.1. The van der Waals surface area contributed by atoms with E-state index in [-0.39, 0.29) is 6.61 Å². The topological polar surface area (TPSA) is 91.4 Å². The van der Waals surface area contributed by atoms with Crippen molar-refractivity contribution in [2.75, 3.05) is 20.7 Å². The second-order valence-electron chi connectivity index (χ2n) is 9.27. The number of likely N-dealkylation sites (N-methyl/N-ethyl adjacent to an activating group) is 1. The van der Waals surface area contributed by atoms with Crippen molar-refractivity contribution in [2.24, 2.45) is 0 Å². The molecule has 0 N–H and O–H groups in total. The average Bonchev–Trinajstić information content (AvgIpc) is 2.94. The minimum Gasteiger partial charge on any atom is -0.459 e. The Morgan fingerprint density at radius 3 is 1.55 bits per heavy atom. The lowest BCUT2D eigenvalue weighted by Gasteiger charge is -2.47. The maximum Gasteiger partial charge on any atom is 0.338 e. The molecule has 8 nitrogen and oxygen atoms in total. The van der Waals surface area contributed by atoms with Crippen LogP contribution in [0.2, 0.25) is 0 Å². The van der Waals surface area contributed by atoms with Gasteiger partial charge in [-0.15, -0.1) is 0 Å². The van der Waals surface area contributed by atoms with E-state index in [4.69, 9.17) is 18.9 Å². The van der Waals surface area contributed by atoms with Gasteiger partial charge in [-0.1, -0.05) is 54.6 Å². The highest BCUT2D eigenvalue weighted by Crippen LogP contribution is 2.30. The molecule has 0 aliphatic carbocycles. The second-order valence-corrected chi connectivity index (χ2v) is 9.27. The van der Waals surface area contributed by atoms with Gasteiger partial charge in [0, 0.05) is 0 Å². The summed E-state index contributed by atoms with van der Waals surface area (Å²) in [6.07, 6.45) is -3.06. The number of nitrogens with zero attached hydrogens (tertiary/aromatic N) is 1. The lowest BCUT2D eigenvalue weighted by atomic mass is 9.91. The molecule has 1 fully saturated rings. The molecule has 3 aromatic carbocycles. The first-order valence-corrected chi connectivity index (χ1v) is 12.4. The van der Waals surface area contributed by atoms with E-state index in [1.165, 1.54) is 0 Å². The molecule has 1 aliphatic rings. The summed E-state index contributed by atoms with van der Waals surface area (Å²) < 4.78 is 23.7. The SMILES string of the molecule is CC1OC(COC(=O)c2ccccc2)C(OC(=O)c2ccccc2)C(N(C)C)C1OC(=O)c1ccccc1. The van der Waals surface area contributed by atoms with E-state index in [1.807, 2.05) is 25.1 Å². The molecule has 198 valence electrons. The summed E-state index contributed by atoms with van der Waals surface area (Å²) in [6.45, 7) is 1.62. The van der Waals surface area contributed by atoms with Gasteiger partial charge >= 0.3 is 17.9 Å². The molecule has 0 spiro atoms. The Morgan fingerprint density at radius 1 is 0.684 bits per heavy atom. The molecule has 1 aliphatic heterocycles. The smallest absolute Gasteiger partial charge is 0.338 e. The molecule has 3 aromatic rings. The molecule has 5 atom stereocenters. The Morgan fingerprint density at radius 2 is 1.11 bits per heavy atom. The van der Waals surface area contributed by atoms with Gasteiger partial charge in [-0.05, 0) is 57.4 Å². The zero-order valence-electron chi connectivity index (χ0n) is 21.6. The van der Waals surface area contributed by atoms with Crippen LogP contribution in [-0.4, -0.2) is 74.0 Å². The number of carbonyl (C=O) groups excluding carboxylic acids is 3. The van der Waals surface area contributed by atoms with Gasteiger partial charge in [-0.25, -0.2) is 14.4 Å². The quantitative estimate of drug-likeness (QED) is 0.327. The third-order valence-electron chi connectivity index (χ3n) is 6.38. The van der Waals surface area contributed by atoms with E-state index < -0.39 is 48.4 Å². The largest absolute Gasteiger partial charge is 0.459 e. The van der Waals surface area contributed by atoms with Gasteiger partial charge in [0.25, 0.3) is 0 Å². The zero-order valence-corrected chi connectivity index (χ0v) is 21.6. The van der Waals surface area contributed by atoms with Crippen molar-refractivity contribution in [1.29, 1.82) is 0 Å². The van der Waals surface area contributed by atoms with Crippen LogP contribution in [0.1, 0.15) is 38.0 Å². The molecule has 0 radical (unpaired) electrons. The summed E-state index contributed by atoms with van der Waals surface area (Å²) >= 11 is 0. The Bertz CT molecular complexity index is 1220. The number of ether oxygens (including phenoxy) is 4. The molecular weight excluding hydrogens is 486 g/mol. The van der Waals surface area contributed by atoms with E-state index in [2.05, 4.69) is 0 Å². The summed E-state index contributed by atoms with van der Waals surface area (Å²) in [5.41, 5.74) is 1.16. The van der Waals surface area contributed by atoms with E-state index in [0.29, 0.717) is 16.7 Å². The Hall–Kier alpha value is -4.01. The van der Waals surface area contributed by atoms with Crippen molar-refractivity contribution >= 4 is 17.9 Å². The van der Waals surface area contributed by atoms with Crippen molar-refractivity contribution in [3.63, 3.8) is 0 Å². The molecule has 38 heavy (non-hydrogen) atoms. The summed E-state index contributed by atoms with van der Waals surface area (Å²) in [5, 5.41) is 0. The highest BCUT2D eigenvalue weighted by atomic mass is 16.6. The molecular formula is C30H31NO7. The predicted octanol–water partition coefficient (Wildman–Crippen LogP) is 4.01. The fourth-order valence-corrected chi connectivity index (χ4v) is 4.50. The van der Waals surface area contributed by atoms with Crippen LogP contribution in [0.15, 0.2) is 91.0 Å². The monoisotopic (exact) mass is 517 g/mol. The van der Waals surface area contributed by atoms with Crippen LogP contribution in [-0.2, 0) is 18.9 Å². The summed E-state index contributed by atoms with van der Waals surface area (Å²) in [5.74, 6) is -1.60. The normalized spacial score (nSPS) is 22.9. The highest BCUT2D eigenvalue weighted by molar-refractivity contribution is 5.90. The van der Waals surface area contributed by atoms with Gasteiger partial charge < -0.3 is 18.9 Å². The average molecular weight is 518 g/mol. The Labute approximate surface area is 222 Å². The molecule has 0 amide bonds. The van der Waals surface area contributed by atoms with Crippen molar-refractivity contribution in [3.8, 4) is 0 Å². The number of rotatable bonds is 8. The number of hydrogen-bond donors (Lipinski definition) is 0. The van der Waals surface area contributed by atoms with Gasteiger partial charge in [0.1, 0.15) is 18.8 Å². The molecule has 0 saturated carbocycles. The zero-order chi connectivity index (χ0) is 27.1. The molecule has 0 aromatic heterocycles. The summed E-state index contributed by atoms with van der Waals surface area (Å²) in [6, 6.07) is 25.2. The van der Waals surface area contributed by atoms with Gasteiger partial charge in [0.15, 0.2) is 6.10 Å². The van der Waals surface area contributed by atoms with Crippen molar-refractivity contribution in [3.05, 3.63) is 108 Å². The molecule has 4 rings (SSSR count). The minimum absolute atomic E-state index is 0.158.